The molecule has 0 bridgehead atoms. The summed E-state index contributed by atoms with van der Waals surface area (Å²) in [6.45, 7) is 1.95. The third kappa shape index (κ3) is 1.42. The molecule has 2 rings (SSSR count). The number of hydrogen-bond acceptors (Lipinski definition) is 6. The van der Waals surface area contributed by atoms with Gasteiger partial charge in [0.05, 0.1) is 0 Å². The van der Waals surface area contributed by atoms with E-state index in [-0.39, 0.29) is 0 Å². The standard InChI is InChI=1S/C7H7N4O2/c1-2-5(6-8-3-10-12-6)7-9-4-11-13-7/h3-4H,2H2,1H3. The predicted molar refractivity (Wildman–Crippen MR) is 40.3 cm³/mol. The smallest absolute Gasteiger partial charge is 0.243 e. The molecule has 0 atom stereocenters. The molecular formula is C7H7N4O2. The van der Waals surface area contributed by atoms with Gasteiger partial charge in [0.25, 0.3) is 0 Å². The van der Waals surface area contributed by atoms with Gasteiger partial charge < -0.3 is 9.05 Å². The first-order valence-corrected chi connectivity index (χ1v) is 3.81. The summed E-state index contributed by atoms with van der Waals surface area (Å²) in [5.74, 6) is 1.61. The summed E-state index contributed by atoms with van der Waals surface area (Å²) in [4.78, 5) is 7.80. The maximum atomic E-state index is 4.88. The van der Waals surface area contributed by atoms with Crippen molar-refractivity contribution in [1.82, 2.24) is 20.3 Å². The molecule has 6 nitrogen and oxygen atoms in total. The maximum absolute atomic E-state index is 4.88. The second-order valence-corrected chi connectivity index (χ2v) is 2.32. The second kappa shape index (κ2) is 3.34. The van der Waals surface area contributed by atoms with E-state index in [0.29, 0.717) is 18.2 Å². The lowest BCUT2D eigenvalue weighted by Crippen LogP contribution is -2.01. The molecule has 2 aromatic rings. The first kappa shape index (κ1) is 7.90. The molecular weight excluding hydrogens is 172 g/mol. The van der Waals surface area contributed by atoms with Gasteiger partial charge in [-0.1, -0.05) is 17.2 Å². The van der Waals surface area contributed by atoms with E-state index in [0.717, 1.165) is 5.92 Å². The molecule has 0 aliphatic rings. The van der Waals surface area contributed by atoms with Gasteiger partial charge in [0.15, 0.2) is 18.6 Å². The first-order valence-electron chi connectivity index (χ1n) is 3.81. The van der Waals surface area contributed by atoms with E-state index in [9.17, 15) is 0 Å². The van der Waals surface area contributed by atoms with Crippen LogP contribution in [0.25, 0.3) is 0 Å². The molecule has 6 heteroatoms. The van der Waals surface area contributed by atoms with Crippen LogP contribution in [0.1, 0.15) is 25.1 Å². The normalized spacial score (nSPS) is 10.9. The Morgan fingerprint density at radius 2 is 1.69 bits per heavy atom. The molecule has 2 aromatic heterocycles. The van der Waals surface area contributed by atoms with Crippen LogP contribution in [0.3, 0.4) is 0 Å². The fourth-order valence-corrected chi connectivity index (χ4v) is 1.01. The Kier molecular flexibility index (Phi) is 2.03. The summed E-state index contributed by atoms with van der Waals surface area (Å²) in [6.07, 6.45) is 3.37. The Labute approximate surface area is 74.0 Å². The lowest BCUT2D eigenvalue weighted by molar-refractivity contribution is 0.354. The van der Waals surface area contributed by atoms with Gasteiger partial charge in [0, 0.05) is 0 Å². The quantitative estimate of drug-likeness (QED) is 0.694. The highest BCUT2D eigenvalue weighted by atomic mass is 16.5. The van der Waals surface area contributed by atoms with Gasteiger partial charge in [-0.15, -0.1) is 0 Å². The molecule has 2 heterocycles. The topological polar surface area (TPSA) is 77.8 Å². The summed E-state index contributed by atoms with van der Waals surface area (Å²) >= 11 is 0. The van der Waals surface area contributed by atoms with Crippen molar-refractivity contribution in [3.8, 4) is 0 Å². The van der Waals surface area contributed by atoms with Gasteiger partial charge in [0.2, 0.25) is 11.8 Å². The average molecular weight is 179 g/mol. The third-order valence-corrected chi connectivity index (χ3v) is 1.59. The van der Waals surface area contributed by atoms with Crippen molar-refractivity contribution in [2.24, 2.45) is 0 Å². The second-order valence-electron chi connectivity index (χ2n) is 2.32. The zero-order valence-electron chi connectivity index (χ0n) is 6.97. The van der Waals surface area contributed by atoms with E-state index in [4.69, 9.17) is 9.05 Å². The van der Waals surface area contributed by atoms with Crippen LogP contribution in [0.2, 0.25) is 0 Å². The van der Waals surface area contributed by atoms with E-state index in [1.54, 1.807) is 0 Å². The average Bonchev–Trinajstić information content (AvgIpc) is 2.76. The third-order valence-electron chi connectivity index (χ3n) is 1.59. The van der Waals surface area contributed by atoms with Crippen molar-refractivity contribution < 1.29 is 9.05 Å². The molecule has 0 saturated carbocycles. The summed E-state index contributed by atoms with van der Waals surface area (Å²) in [5.41, 5.74) is 0. The number of aromatic nitrogens is 4. The minimum atomic E-state index is 0.423. The Balaban J connectivity index is 2.29. The number of rotatable bonds is 3. The van der Waals surface area contributed by atoms with E-state index >= 15 is 0 Å². The van der Waals surface area contributed by atoms with Crippen LogP contribution in [-0.4, -0.2) is 20.3 Å². The summed E-state index contributed by atoms with van der Waals surface area (Å²) in [7, 11) is 0. The van der Waals surface area contributed by atoms with Gasteiger partial charge >= 0.3 is 0 Å². The maximum Gasteiger partial charge on any atom is 0.243 e. The van der Waals surface area contributed by atoms with Crippen molar-refractivity contribution in [3.63, 3.8) is 0 Å². The van der Waals surface area contributed by atoms with Gasteiger partial charge in [-0.05, 0) is 6.42 Å². The van der Waals surface area contributed by atoms with Crippen molar-refractivity contribution >= 4 is 0 Å². The van der Waals surface area contributed by atoms with E-state index in [1.165, 1.54) is 12.7 Å². The van der Waals surface area contributed by atoms with Gasteiger partial charge in [0.1, 0.15) is 0 Å². The monoisotopic (exact) mass is 179 g/mol. The summed E-state index contributed by atoms with van der Waals surface area (Å²) < 4.78 is 9.77. The van der Waals surface area contributed by atoms with Crippen LogP contribution >= 0.6 is 0 Å². The van der Waals surface area contributed by atoms with Crippen molar-refractivity contribution in [1.29, 1.82) is 0 Å². The molecule has 0 amide bonds. The molecule has 13 heavy (non-hydrogen) atoms. The van der Waals surface area contributed by atoms with E-state index in [1.807, 2.05) is 6.92 Å². The molecule has 0 aliphatic heterocycles. The molecule has 0 saturated heterocycles. The molecule has 67 valence electrons. The van der Waals surface area contributed by atoms with E-state index in [2.05, 4.69) is 20.3 Å². The Morgan fingerprint density at radius 1 is 1.15 bits per heavy atom. The van der Waals surface area contributed by atoms with Gasteiger partial charge in [-0.3, -0.25) is 0 Å². The minimum Gasteiger partial charge on any atom is -0.338 e. The number of hydrogen-bond donors (Lipinski definition) is 0. The Bertz CT molecular complexity index is 308. The van der Waals surface area contributed by atoms with Gasteiger partial charge in [-0.25, -0.2) is 0 Å². The largest absolute Gasteiger partial charge is 0.338 e. The predicted octanol–water partition coefficient (Wildman–Crippen LogP) is 0.833. The SMILES string of the molecule is CC[C](c1ncno1)c1ncno1. The molecule has 0 aromatic carbocycles. The highest BCUT2D eigenvalue weighted by molar-refractivity contribution is 5.23. The van der Waals surface area contributed by atoms with Crippen molar-refractivity contribution in [2.45, 2.75) is 13.3 Å². The molecule has 0 N–H and O–H groups in total. The summed E-state index contributed by atoms with van der Waals surface area (Å²) in [5, 5.41) is 7.01. The summed E-state index contributed by atoms with van der Waals surface area (Å²) in [6, 6.07) is 0. The Hall–Kier alpha value is -1.72. The van der Waals surface area contributed by atoms with Crippen LogP contribution in [0.15, 0.2) is 21.7 Å². The zero-order chi connectivity index (χ0) is 9.10. The molecule has 0 unspecified atom stereocenters. The first-order chi connectivity index (χ1) is 6.42. The zero-order valence-corrected chi connectivity index (χ0v) is 6.97. The highest BCUT2D eigenvalue weighted by Gasteiger charge is 2.23. The van der Waals surface area contributed by atoms with Crippen LogP contribution in [0.4, 0.5) is 0 Å². The molecule has 0 aliphatic carbocycles. The fourth-order valence-electron chi connectivity index (χ4n) is 1.01. The highest BCUT2D eigenvalue weighted by Crippen LogP contribution is 2.21. The molecule has 0 spiro atoms. The van der Waals surface area contributed by atoms with Crippen LogP contribution in [0.5, 0.6) is 0 Å². The van der Waals surface area contributed by atoms with Crippen LogP contribution in [0, 0.1) is 5.92 Å². The fraction of sp³-hybridized carbons (Fsp3) is 0.286. The van der Waals surface area contributed by atoms with Crippen LogP contribution < -0.4 is 0 Å². The van der Waals surface area contributed by atoms with Crippen molar-refractivity contribution in [3.05, 3.63) is 30.4 Å². The molecule has 1 radical (unpaired) electrons. The van der Waals surface area contributed by atoms with Gasteiger partial charge in [-0.2, -0.15) is 9.97 Å². The molecule has 0 fully saturated rings. The lowest BCUT2D eigenvalue weighted by Gasteiger charge is -2.00. The lowest BCUT2D eigenvalue weighted by atomic mass is 10.1. The number of nitrogens with zero attached hydrogens (tertiary/aromatic N) is 4. The van der Waals surface area contributed by atoms with E-state index < -0.39 is 0 Å². The van der Waals surface area contributed by atoms with Crippen molar-refractivity contribution in [2.75, 3.05) is 0 Å². The van der Waals surface area contributed by atoms with Crippen LogP contribution in [-0.2, 0) is 0 Å². The Morgan fingerprint density at radius 3 is 2.00 bits per heavy atom. The minimum absolute atomic E-state index is 0.423.